The van der Waals surface area contributed by atoms with Gasteiger partial charge in [0.2, 0.25) is 5.91 Å². The number of nitrogens with one attached hydrogen (secondary N) is 2. The molecule has 6 nitrogen and oxygen atoms in total. The van der Waals surface area contributed by atoms with Gasteiger partial charge < -0.3 is 20.5 Å². The number of carbonyl (C=O) groups excluding carboxylic acids is 2. The summed E-state index contributed by atoms with van der Waals surface area (Å²) in [5.74, 6) is -0.0905. The highest BCUT2D eigenvalue weighted by Crippen LogP contribution is 2.11. The first kappa shape index (κ1) is 21.3. The van der Waals surface area contributed by atoms with E-state index in [-0.39, 0.29) is 11.7 Å². The molecule has 0 aliphatic carbocycles. The zero-order chi connectivity index (χ0) is 20.6. The van der Waals surface area contributed by atoms with Crippen LogP contribution in [0.2, 0.25) is 0 Å². The topological polar surface area (TPSA) is 87.7 Å². The van der Waals surface area contributed by atoms with Crippen LogP contribution in [0.5, 0.6) is 5.75 Å². The first-order chi connectivity index (χ1) is 13.2. The van der Waals surface area contributed by atoms with Crippen molar-refractivity contribution in [3.8, 4) is 5.75 Å². The molecule has 0 bridgehead atoms. The summed E-state index contributed by atoms with van der Waals surface area (Å²) in [5, 5.41) is 15.0. The molecule has 0 radical (unpaired) electrons. The fourth-order valence-corrected chi connectivity index (χ4v) is 2.67. The van der Waals surface area contributed by atoms with Gasteiger partial charge >= 0.3 is 6.09 Å². The third-order valence-electron chi connectivity index (χ3n) is 3.91. The minimum Gasteiger partial charge on any atom is -0.508 e. The summed E-state index contributed by atoms with van der Waals surface area (Å²) >= 11 is 0. The van der Waals surface area contributed by atoms with Crippen LogP contribution in [-0.4, -0.2) is 35.3 Å². The van der Waals surface area contributed by atoms with E-state index in [1.54, 1.807) is 39.0 Å². The van der Waals surface area contributed by atoms with Crippen LogP contribution in [-0.2, 0) is 22.4 Å². The third-order valence-corrected chi connectivity index (χ3v) is 3.91. The lowest BCUT2D eigenvalue weighted by Gasteiger charge is -2.23. The van der Waals surface area contributed by atoms with E-state index in [0.29, 0.717) is 19.4 Å². The number of hydrogen-bond donors (Lipinski definition) is 3. The number of carbonyl (C=O) groups is 2. The van der Waals surface area contributed by atoms with Crippen LogP contribution in [0, 0.1) is 0 Å². The van der Waals surface area contributed by atoms with E-state index in [0.717, 1.165) is 11.1 Å². The Labute approximate surface area is 165 Å². The Morgan fingerprint density at radius 3 is 2.36 bits per heavy atom. The Hall–Kier alpha value is -3.02. The van der Waals surface area contributed by atoms with Crippen molar-refractivity contribution in [3.05, 3.63) is 65.7 Å². The normalized spacial score (nSPS) is 12.1. The number of phenolic OH excluding ortho intramolecular Hbond substituents is 1. The maximum absolute atomic E-state index is 12.7. The van der Waals surface area contributed by atoms with Gasteiger partial charge in [0.25, 0.3) is 0 Å². The van der Waals surface area contributed by atoms with Crippen molar-refractivity contribution in [1.29, 1.82) is 0 Å². The van der Waals surface area contributed by atoms with Crippen LogP contribution < -0.4 is 10.6 Å². The van der Waals surface area contributed by atoms with E-state index in [1.807, 2.05) is 36.4 Å². The summed E-state index contributed by atoms with van der Waals surface area (Å²) in [5.41, 5.74) is 1.21. The highest BCUT2D eigenvalue weighted by atomic mass is 16.6. The van der Waals surface area contributed by atoms with Gasteiger partial charge in [-0.25, -0.2) is 4.79 Å². The molecule has 0 aromatic heterocycles. The quantitative estimate of drug-likeness (QED) is 0.684. The van der Waals surface area contributed by atoms with Crippen LogP contribution in [0.4, 0.5) is 4.79 Å². The second-order valence-corrected chi connectivity index (χ2v) is 7.60. The summed E-state index contributed by atoms with van der Waals surface area (Å²) in [6, 6.07) is 15.6. The second kappa shape index (κ2) is 9.78. The van der Waals surface area contributed by atoms with Gasteiger partial charge in [-0.3, -0.25) is 4.79 Å². The van der Waals surface area contributed by atoms with Gasteiger partial charge in [-0.15, -0.1) is 0 Å². The molecule has 1 atom stereocenters. The molecule has 2 aromatic carbocycles. The standard InChI is InChI=1S/C22H28N2O4/c1-22(2,3)28-21(27)24-19(15-16-8-5-4-6-9-16)20(26)23-13-12-17-10-7-11-18(25)14-17/h4-11,14,19,25H,12-13,15H2,1-3H3,(H,23,26)(H,24,27)/t19-/m0/s1. The average Bonchev–Trinajstić information content (AvgIpc) is 2.60. The SMILES string of the molecule is CC(C)(C)OC(=O)N[C@@H](Cc1ccccc1)C(=O)NCCc1cccc(O)c1. The second-order valence-electron chi connectivity index (χ2n) is 7.60. The molecular formula is C22H28N2O4. The van der Waals surface area contributed by atoms with Crippen LogP contribution >= 0.6 is 0 Å². The van der Waals surface area contributed by atoms with Gasteiger partial charge in [-0.1, -0.05) is 42.5 Å². The Morgan fingerprint density at radius 1 is 1.04 bits per heavy atom. The van der Waals surface area contributed by atoms with Crippen molar-refractivity contribution in [1.82, 2.24) is 10.6 Å². The fourth-order valence-electron chi connectivity index (χ4n) is 2.67. The van der Waals surface area contributed by atoms with Gasteiger partial charge in [0.1, 0.15) is 17.4 Å². The van der Waals surface area contributed by atoms with Gasteiger partial charge in [0.05, 0.1) is 0 Å². The summed E-state index contributed by atoms with van der Waals surface area (Å²) in [7, 11) is 0. The zero-order valence-corrected chi connectivity index (χ0v) is 16.6. The molecule has 28 heavy (non-hydrogen) atoms. The molecule has 3 N–H and O–H groups in total. The predicted molar refractivity (Wildman–Crippen MR) is 108 cm³/mol. The van der Waals surface area contributed by atoms with E-state index in [2.05, 4.69) is 10.6 Å². The average molecular weight is 384 g/mol. The molecule has 0 aliphatic heterocycles. The maximum Gasteiger partial charge on any atom is 0.408 e. The lowest BCUT2D eigenvalue weighted by Crippen LogP contribution is -2.49. The lowest BCUT2D eigenvalue weighted by molar-refractivity contribution is -0.123. The van der Waals surface area contributed by atoms with E-state index in [4.69, 9.17) is 4.74 Å². The van der Waals surface area contributed by atoms with Crippen molar-refractivity contribution in [2.24, 2.45) is 0 Å². The molecule has 0 saturated heterocycles. The van der Waals surface area contributed by atoms with E-state index in [1.165, 1.54) is 0 Å². The molecule has 0 aliphatic rings. The third kappa shape index (κ3) is 7.70. The molecule has 0 fully saturated rings. The molecule has 6 heteroatoms. The lowest BCUT2D eigenvalue weighted by atomic mass is 10.1. The number of alkyl carbamates (subject to hydrolysis) is 1. The Morgan fingerprint density at radius 2 is 1.71 bits per heavy atom. The van der Waals surface area contributed by atoms with Crippen molar-refractivity contribution in [2.45, 2.75) is 45.3 Å². The number of ether oxygens (including phenoxy) is 1. The van der Waals surface area contributed by atoms with Gasteiger partial charge in [0.15, 0.2) is 0 Å². The number of benzene rings is 2. The van der Waals surface area contributed by atoms with E-state index in [9.17, 15) is 14.7 Å². The molecular weight excluding hydrogens is 356 g/mol. The molecule has 150 valence electrons. The smallest absolute Gasteiger partial charge is 0.408 e. The number of aromatic hydroxyl groups is 1. The summed E-state index contributed by atoms with van der Waals surface area (Å²) in [4.78, 5) is 24.8. The molecule has 0 saturated carbocycles. The number of amides is 2. The summed E-state index contributed by atoms with van der Waals surface area (Å²) < 4.78 is 5.29. The van der Waals surface area contributed by atoms with Crippen LogP contribution in [0.3, 0.4) is 0 Å². The Kier molecular flexibility index (Phi) is 7.44. The van der Waals surface area contributed by atoms with Gasteiger partial charge in [-0.2, -0.15) is 0 Å². The Bertz CT molecular complexity index is 785. The van der Waals surface area contributed by atoms with Crippen molar-refractivity contribution < 1.29 is 19.4 Å². The van der Waals surface area contributed by atoms with E-state index < -0.39 is 17.7 Å². The Balaban J connectivity index is 1.98. The van der Waals surface area contributed by atoms with Gasteiger partial charge in [0, 0.05) is 13.0 Å². The highest BCUT2D eigenvalue weighted by Gasteiger charge is 2.24. The largest absolute Gasteiger partial charge is 0.508 e. The summed E-state index contributed by atoms with van der Waals surface area (Å²) in [6.45, 7) is 5.71. The number of rotatable bonds is 7. The van der Waals surface area contributed by atoms with Crippen LogP contribution in [0.25, 0.3) is 0 Å². The zero-order valence-electron chi connectivity index (χ0n) is 16.6. The molecule has 0 heterocycles. The van der Waals surface area contributed by atoms with Gasteiger partial charge in [-0.05, 0) is 50.5 Å². The fraction of sp³-hybridized carbons (Fsp3) is 0.364. The molecule has 0 spiro atoms. The maximum atomic E-state index is 12.7. The first-order valence-electron chi connectivity index (χ1n) is 9.32. The van der Waals surface area contributed by atoms with Crippen molar-refractivity contribution in [2.75, 3.05) is 6.54 Å². The van der Waals surface area contributed by atoms with Crippen LogP contribution in [0.15, 0.2) is 54.6 Å². The monoisotopic (exact) mass is 384 g/mol. The van der Waals surface area contributed by atoms with Crippen molar-refractivity contribution in [3.63, 3.8) is 0 Å². The summed E-state index contributed by atoms with van der Waals surface area (Å²) in [6.07, 6.45) is 0.305. The van der Waals surface area contributed by atoms with Crippen molar-refractivity contribution >= 4 is 12.0 Å². The molecule has 2 amide bonds. The number of phenols is 1. The van der Waals surface area contributed by atoms with E-state index >= 15 is 0 Å². The minimum absolute atomic E-state index is 0.192. The highest BCUT2D eigenvalue weighted by molar-refractivity contribution is 5.86. The minimum atomic E-state index is -0.749. The predicted octanol–water partition coefficient (Wildman–Crippen LogP) is 3.19. The number of hydrogen-bond acceptors (Lipinski definition) is 4. The first-order valence-corrected chi connectivity index (χ1v) is 9.32. The molecule has 2 aromatic rings. The van der Waals surface area contributed by atoms with Crippen LogP contribution in [0.1, 0.15) is 31.9 Å². The molecule has 2 rings (SSSR count). The molecule has 0 unspecified atom stereocenters.